The van der Waals surface area contributed by atoms with Gasteiger partial charge in [0.15, 0.2) is 0 Å². The highest BCUT2D eigenvalue weighted by Crippen LogP contribution is 2.42. The molecule has 120 valence electrons. The number of rotatable bonds is 4. The van der Waals surface area contributed by atoms with E-state index < -0.39 is 11.9 Å². The monoisotopic (exact) mass is 296 g/mol. The van der Waals surface area contributed by atoms with Crippen LogP contribution in [0.5, 0.6) is 0 Å². The van der Waals surface area contributed by atoms with E-state index in [1.165, 1.54) is 0 Å². The summed E-state index contributed by atoms with van der Waals surface area (Å²) >= 11 is 0. The average molecular weight is 296 g/mol. The average Bonchev–Trinajstić information content (AvgIpc) is 2.37. The summed E-state index contributed by atoms with van der Waals surface area (Å²) in [4.78, 5) is 22.3. The van der Waals surface area contributed by atoms with Crippen LogP contribution in [0.2, 0.25) is 0 Å². The Morgan fingerprint density at radius 1 is 0.810 bits per heavy atom. The minimum Gasteiger partial charge on any atom is -0.481 e. The molecule has 2 N–H and O–H groups in total. The molecular weight excluding hydrogens is 268 g/mol. The van der Waals surface area contributed by atoms with Crippen molar-refractivity contribution in [3.05, 3.63) is 0 Å². The summed E-state index contributed by atoms with van der Waals surface area (Å²) in [6, 6.07) is 0. The van der Waals surface area contributed by atoms with Gasteiger partial charge in [-0.3, -0.25) is 9.59 Å². The van der Waals surface area contributed by atoms with Gasteiger partial charge in [0.25, 0.3) is 0 Å². The number of hydrogen-bond donors (Lipinski definition) is 2. The fraction of sp³-hybridized carbons (Fsp3) is 0.882. The molecule has 0 aromatic heterocycles. The maximum absolute atomic E-state index is 11.1. The molecule has 0 bridgehead atoms. The van der Waals surface area contributed by atoms with Gasteiger partial charge in [-0.1, -0.05) is 13.8 Å². The van der Waals surface area contributed by atoms with Crippen molar-refractivity contribution < 1.29 is 19.8 Å². The Balaban J connectivity index is 1.81. The van der Waals surface area contributed by atoms with Gasteiger partial charge in [-0.05, 0) is 68.6 Å². The van der Waals surface area contributed by atoms with E-state index in [9.17, 15) is 19.8 Å². The first-order chi connectivity index (χ1) is 9.88. The van der Waals surface area contributed by atoms with Crippen molar-refractivity contribution in [1.82, 2.24) is 0 Å². The van der Waals surface area contributed by atoms with Crippen molar-refractivity contribution in [2.75, 3.05) is 0 Å². The molecule has 0 aliphatic heterocycles. The van der Waals surface area contributed by atoms with Crippen molar-refractivity contribution in [1.29, 1.82) is 0 Å². The molecule has 0 radical (unpaired) electrons. The van der Waals surface area contributed by atoms with Gasteiger partial charge in [0, 0.05) is 0 Å². The molecule has 0 aromatic rings. The summed E-state index contributed by atoms with van der Waals surface area (Å²) in [5.41, 5.74) is 0. The normalized spacial score (nSPS) is 40.7. The molecule has 0 aromatic carbocycles. The second kappa shape index (κ2) is 6.80. The van der Waals surface area contributed by atoms with Crippen molar-refractivity contribution in [3.8, 4) is 0 Å². The van der Waals surface area contributed by atoms with Crippen LogP contribution in [0.3, 0.4) is 0 Å². The molecule has 0 amide bonds. The molecule has 2 fully saturated rings. The highest BCUT2D eigenvalue weighted by atomic mass is 16.4. The summed E-state index contributed by atoms with van der Waals surface area (Å²) in [5, 5.41) is 18.4. The number of carboxylic acids is 2. The number of carboxylic acid groups (broad SMARTS) is 2. The molecule has 2 aliphatic rings. The van der Waals surface area contributed by atoms with Gasteiger partial charge in [0.1, 0.15) is 0 Å². The van der Waals surface area contributed by atoms with Crippen LogP contribution < -0.4 is 0 Å². The first-order valence-electron chi connectivity index (χ1n) is 8.34. The van der Waals surface area contributed by atoms with E-state index in [1.54, 1.807) is 0 Å². The van der Waals surface area contributed by atoms with Crippen LogP contribution in [-0.4, -0.2) is 22.2 Å². The second-order valence-electron chi connectivity index (χ2n) is 7.44. The number of aliphatic carboxylic acids is 2. The van der Waals surface area contributed by atoms with E-state index in [0.29, 0.717) is 11.8 Å². The van der Waals surface area contributed by atoms with Crippen LogP contribution in [0, 0.1) is 35.5 Å². The molecule has 2 aliphatic carbocycles. The van der Waals surface area contributed by atoms with Gasteiger partial charge in [-0.15, -0.1) is 0 Å². The SMILES string of the molecule is CC1CC(CC2CCC(C(=O)O)C(C)C2)CCC1C(=O)O. The lowest BCUT2D eigenvalue weighted by Gasteiger charge is -2.37. The summed E-state index contributed by atoms with van der Waals surface area (Å²) in [5.74, 6) is 0.199. The van der Waals surface area contributed by atoms with Gasteiger partial charge in [-0.25, -0.2) is 0 Å². The molecule has 6 unspecified atom stereocenters. The third kappa shape index (κ3) is 3.98. The van der Waals surface area contributed by atoms with E-state index >= 15 is 0 Å². The standard InChI is InChI=1S/C17H28O4/c1-10-7-12(3-5-14(10)16(18)19)9-13-4-6-15(17(20)21)11(2)8-13/h10-15H,3-9H2,1-2H3,(H,18,19)(H,20,21). The topological polar surface area (TPSA) is 74.6 Å². The molecule has 0 spiro atoms. The van der Waals surface area contributed by atoms with E-state index in [-0.39, 0.29) is 23.7 Å². The first-order valence-corrected chi connectivity index (χ1v) is 8.34. The zero-order valence-electron chi connectivity index (χ0n) is 13.1. The van der Waals surface area contributed by atoms with Crippen molar-refractivity contribution >= 4 is 11.9 Å². The van der Waals surface area contributed by atoms with Crippen molar-refractivity contribution in [2.45, 2.75) is 58.8 Å². The molecule has 2 rings (SSSR count). The van der Waals surface area contributed by atoms with Crippen LogP contribution in [0.1, 0.15) is 58.8 Å². The lowest BCUT2D eigenvalue weighted by Crippen LogP contribution is -2.32. The maximum atomic E-state index is 11.1. The lowest BCUT2D eigenvalue weighted by molar-refractivity contribution is -0.145. The van der Waals surface area contributed by atoms with E-state index in [1.807, 2.05) is 0 Å². The van der Waals surface area contributed by atoms with Crippen molar-refractivity contribution in [3.63, 3.8) is 0 Å². The van der Waals surface area contributed by atoms with E-state index in [4.69, 9.17) is 0 Å². The van der Waals surface area contributed by atoms with Gasteiger partial charge < -0.3 is 10.2 Å². The zero-order valence-corrected chi connectivity index (χ0v) is 13.1. The molecule has 21 heavy (non-hydrogen) atoms. The second-order valence-corrected chi connectivity index (χ2v) is 7.44. The van der Waals surface area contributed by atoms with Crippen LogP contribution in [0.15, 0.2) is 0 Å². The van der Waals surface area contributed by atoms with E-state index in [0.717, 1.165) is 44.9 Å². The Bertz CT molecular complexity index is 356. The Morgan fingerprint density at radius 3 is 1.48 bits per heavy atom. The van der Waals surface area contributed by atoms with Crippen LogP contribution in [0.4, 0.5) is 0 Å². The van der Waals surface area contributed by atoms with Gasteiger partial charge in [-0.2, -0.15) is 0 Å². The van der Waals surface area contributed by atoms with Crippen LogP contribution >= 0.6 is 0 Å². The quantitative estimate of drug-likeness (QED) is 0.830. The molecule has 2 saturated carbocycles. The third-order valence-electron chi connectivity index (χ3n) is 5.86. The highest BCUT2D eigenvalue weighted by Gasteiger charge is 2.36. The van der Waals surface area contributed by atoms with Crippen LogP contribution in [0.25, 0.3) is 0 Å². The molecule has 0 heterocycles. The lowest BCUT2D eigenvalue weighted by atomic mass is 9.68. The first kappa shape index (κ1) is 16.3. The Hall–Kier alpha value is -1.06. The Labute approximate surface area is 126 Å². The fourth-order valence-electron chi connectivity index (χ4n) is 4.65. The summed E-state index contributed by atoms with van der Waals surface area (Å²) in [6.45, 7) is 4.13. The number of carbonyl (C=O) groups is 2. The minimum atomic E-state index is -0.642. The predicted octanol–water partition coefficient (Wildman–Crippen LogP) is 3.65. The predicted molar refractivity (Wildman–Crippen MR) is 79.9 cm³/mol. The highest BCUT2D eigenvalue weighted by molar-refractivity contribution is 5.70. The minimum absolute atomic E-state index is 0.164. The number of hydrogen-bond acceptors (Lipinski definition) is 2. The fourth-order valence-corrected chi connectivity index (χ4v) is 4.65. The van der Waals surface area contributed by atoms with Gasteiger partial charge in [0.2, 0.25) is 0 Å². The van der Waals surface area contributed by atoms with Crippen LogP contribution in [-0.2, 0) is 9.59 Å². The van der Waals surface area contributed by atoms with Crippen molar-refractivity contribution in [2.24, 2.45) is 35.5 Å². The third-order valence-corrected chi connectivity index (χ3v) is 5.86. The molecule has 4 heteroatoms. The largest absolute Gasteiger partial charge is 0.481 e. The molecule has 0 saturated heterocycles. The molecule has 6 atom stereocenters. The van der Waals surface area contributed by atoms with Gasteiger partial charge >= 0.3 is 11.9 Å². The van der Waals surface area contributed by atoms with Gasteiger partial charge in [0.05, 0.1) is 11.8 Å². The maximum Gasteiger partial charge on any atom is 0.306 e. The Kier molecular flexibility index (Phi) is 5.28. The van der Waals surface area contributed by atoms with E-state index in [2.05, 4.69) is 13.8 Å². The summed E-state index contributed by atoms with van der Waals surface area (Å²) < 4.78 is 0. The zero-order chi connectivity index (χ0) is 15.6. The summed E-state index contributed by atoms with van der Waals surface area (Å²) in [7, 11) is 0. The molecule has 4 nitrogen and oxygen atoms in total. The molecular formula is C17H28O4. The Morgan fingerprint density at radius 2 is 1.19 bits per heavy atom. The smallest absolute Gasteiger partial charge is 0.306 e. The summed E-state index contributed by atoms with van der Waals surface area (Å²) in [6.07, 6.45) is 6.85.